The van der Waals surface area contributed by atoms with Crippen molar-refractivity contribution in [1.29, 1.82) is 0 Å². The largest absolute Gasteiger partial charge is 0.311 e. The molecule has 1 aliphatic rings. The highest BCUT2D eigenvalue weighted by Gasteiger charge is 2.31. The van der Waals surface area contributed by atoms with Gasteiger partial charge in [-0.05, 0) is 46.3 Å². The normalized spacial score (nSPS) is 20.0. The minimum Gasteiger partial charge on any atom is -0.311 e. The lowest BCUT2D eigenvalue weighted by molar-refractivity contribution is 0.281. The highest BCUT2D eigenvalue weighted by Crippen LogP contribution is 2.26. The van der Waals surface area contributed by atoms with Gasteiger partial charge in [-0.3, -0.25) is 4.68 Å². The van der Waals surface area contributed by atoms with Crippen LogP contribution < -0.4 is 5.32 Å². The number of hydrogen-bond donors (Lipinski definition) is 1. The third-order valence-corrected chi connectivity index (χ3v) is 7.51. The van der Waals surface area contributed by atoms with E-state index in [1.807, 2.05) is 17.7 Å². The predicted molar refractivity (Wildman–Crippen MR) is 113 cm³/mol. The quantitative estimate of drug-likeness (QED) is 0.730. The van der Waals surface area contributed by atoms with Crippen LogP contribution in [0.15, 0.2) is 30.3 Å². The Morgan fingerprint density at radius 2 is 1.96 bits per heavy atom. The third kappa shape index (κ3) is 5.01. The smallest absolute Gasteiger partial charge is 0.152 e. The van der Waals surface area contributed by atoms with Gasteiger partial charge in [0.05, 0.1) is 23.2 Å². The molecular formula is C21H32N4O2S. The minimum absolute atomic E-state index is 0.0231. The van der Waals surface area contributed by atoms with E-state index in [4.69, 9.17) is 0 Å². The van der Waals surface area contributed by atoms with Crippen molar-refractivity contribution in [2.24, 2.45) is 0 Å². The number of hydrogen-bond acceptors (Lipinski definition) is 5. The molecular weight excluding hydrogens is 372 g/mol. The van der Waals surface area contributed by atoms with E-state index in [9.17, 15) is 8.42 Å². The van der Waals surface area contributed by atoms with Crippen molar-refractivity contribution < 1.29 is 8.42 Å². The van der Waals surface area contributed by atoms with E-state index in [1.165, 1.54) is 11.1 Å². The topological polar surface area (TPSA) is 67.2 Å². The van der Waals surface area contributed by atoms with Gasteiger partial charge < -0.3 is 10.2 Å². The monoisotopic (exact) mass is 404 g/mol. The first kappa shape index (κ1) is 21.0. The Morgan fingerprint density at radius 3 is 2.57 bits per heavy atom. The summed E-state index contributed by atoms with van der Waals surface area (Å²) in [5.41, 5.74) is 4.59. The van der Waals surface area contributed by atoms with Crippen molar-refractivity contribution >= 4 is 9.84 Å². The average molecular weight is 405 g/mol. The maximum Gasteiger partial charge on any atom is 0.152 e. The second kappa shape index (κ2) is 8.76. The van der Waals surface area contributed by atoms with E-state index >= 15 is 0 Å². The van der Waals surface area contributed by atoms with Crippen molar-refractivity contribution in [3.63, 3.8) is 0 Å². The molecule has 0 spiro atoms. The van der Waals surface area contributed by atoms with Gasteiger partial charge in [-0.15, -0.1) is 0 Å². The molecule has 0 radical (unpaired) electrons. The molecule has 2 aromatic rings. The van der Waals surface area contributed by atoms with Gasteiger partial charge in [0.1, 0.15) is 0 Å². The van der Waals surface area contributed by atoms with Gasteiger partial charge in [0.25, 0.3) is 0 Å². The Bertz CT molecular complexity index is 891. The molecule has 1 N–H and O–H groups in total. The number of likely N-dealkylation sites (N-methyl/N-ethyl adjacent to an activating group) is 1. The van der Waals surface area contributed by atoms with Crippen LogP contribution in [0.4, 0.5) is 0 Å². The molecule has 3 rings (SSSR count). The van der Waals surface area contributed by atoms with Crippen LogP contribution in [0.25, 0.3) is 0 Å². The van der Waals surface area contributed by atoms with Crippen molar-refractivity contribution in [3.8, 4) is 0 Å². The number of nitrogens with one attached hydrogen (secondary N) is 1. The maximum absolute atomic E-state index is 11.8. The number of aromatic nitrogens is 2. The van der Waals surface area contributed by atoms with Crippen LogP contribution in [0.2, 0.25) is 0 Å². The Morgan fingerprint density at radius 1 is 1.25 bits per heavy atom. The van der Waals surface area contributed by atoms with Crippen molar-refractivity contribution in [2.75, 3.05) is 32.1 Å². The van der Waals surface area contributed by atoms with Crippen LogP contribution in [0.5, 0.6) is 0 Å². The summed E-state index contributed by atoms with van der Waals surface area (Å²) in [6.45, 7) is 5.69. The predicted octanol–water partition coefficient (Wildman–Crippen LogP) is 2.12. The molecule has 1 aromatic heterocycles. The van der Waals surface area contributed by atoms with Crippen LogP contribution in [0, 0.1) is 13.8 Å². The molecule has 2 heterocycles. The molecule has 28 heavy (non-hydrogen) atoms. The summed E-state index contributed by atoms with van der Waals surface area (Å²) >= 11 is 0. The van der Waals surface area contributed by atoms with Gasteiger partial charge in [-0.1, -0.05) is 30.3 Å². The molecule has 0 unspecified atom stereocenters. The standard InChI is InChI=1S/C21H32N4O2S/c1-16-21(17(2)25(23-16)19-10-11-28(26,27)15-19)14-22-13-20(24(3)4)12-18-8-6-5-7-9-18/h5-9,19-20,22H,10-15H2,1-4H3/t19-,20-/m0/s1. The van der Waals surface area contributed by atoms with Crippen molar-refractivity contribution in [2.45, 2.75) is 45.3 Å². The fourth-order valence-electron chi connectivity index (χ4n) is 3.96. The second-order valence-electron chi connectivity index (χ2n) is 8.09. The average Bonchev–Trinajstić information content (AvgIpc) is 3.14. The zero-order valence-electron chi connectivity index (χ0n) is 17.4. The molecule has 0 saturated carbocycles. The first-order valence-electron chi connectivity index (χ1n) is 9.93. The summed E-state index contributed by atoms with van der Waals surface area (Å²) < 4.78 is 25.6. The fraction of sp³-hybridized carbons (Fsp3) is 0.571. The second-order valence-corrected chi connectivity index (χ2v) is 10.3. The summed E-state index contributed by atoms with van der Waals surface area (Å²) in [7, 11) is 1.32. The molecule has 1 fully saturated rings. The lowest BCUT2D eigenvalue weighted by atomic mass is 10.0. The van der Waals surface area contributed by atoms with Crippen LogP contribution in [-0.4, -0.2) is 61.3 Å². The number of sulfone groups is 1. The SMILES string of the molecule is Cc1nn([C@H]2CCS(=O)(=O)C2)c(C)c1CNC[C@H](Cc1ccccc1)N(C)C. The molecule has 1 saturated heterocycles. The maximum atomic E-state index is 11.8. The Hall–Kier alpha value is -1.70. The van der Waals surface area contributed by atoms with E-state index < -0.39 is 9.84 Å². The Labute approximate surface area is 168 Å². The van der Waals surface area contributed by atoms with Crippen LogP contribution >= 0.6 is 0 Å². The lowest BCUT2D eigenvalue weighted by Crippen LogP contribution is -2.39. The highest BCUT2D eigenvalue weighted by atomic mass is 32.2. The van der Waals surface area contributed by atoms with Gasteiger partial charge in [0.15, 0.2) is 9.84 Å². The van der Waals surface area contributed by atoms with E-state index in [0.29, 0.717) is 12.5 Å². The van der Waals surface area contributed by atoms with E-state index in [-0.39, 0.29) is 17.5 Å². The molecule has 154 valence electrons. The first-order chi connectivity index (χ1) is 13.3. The van der Waals surface area contributed by atoms with Crippen LogP contribution in [-0.2, 0) is 22.8 Å². The van der Waals surface area contributed by atoms with Crippen molar-refractivity contribution in [1.82, 2.24) is 20.0 Å². The molecule has 2 atom stereocenters. The summed E-state index contributed by atoms with van der Waals surface area (Å²) in [4.78, 5) is 2.26. The molecule has 6 nitrogen and oxygen atoms in total. The van der Waals surface area contributed by atoms with Gasteiger partial charge in [0.2, 0.25) is 0 Å². The molecule has 0 amide bonds. The minimum atomic E-state index is -2.91. The van der Waals surface area contributed by atoms with Crippen LogP contribution in [0.1, 0.15) is 35.0 Å². The zero-order chi connectivity index (χ0) is 20.3. The molecule has 1 aromatic carbocycles. The van der Waals surface area contributed by atoms with Crippen LogP contribution in [0.3, 0.4) is 0 Å². The van der Waals surface area contributed by atoms with Gasteiger partial charge in [0, 0.05) is 30.4 Å². The third-order valence-electron chi connectivity index (χ3n) is 5.76. The number of aryl methyl sites for hydroxylation is 1. The summed E-state index contributed by atoms with van der Waals surface area (Å²) in [6.07, 6.45) is 1.66. The molecule has 1 aliphatic heterocycles. The summed E-state index contributed by atoms with van der Waals surface area (Å²) in [5.74, 6) is 0.481. The van der Waals surface area contributed by atoms with Gasteiger partial charge in [-0.2, -0.15) is 5.10 Å². The van der Waals surface area contributed by atoms with E-state index in [2.05, 4.69) is 60.6 Å². The Kier molecular flexibility index (Phi) is 6.58. The van der Waals surface area contributed by atoms with Gasteiger partial charge in [-0.25, -0.2) is 8.42 Å². The fourth-order valence-corrected chi connectivity index (χ4v) is 5.66. The lowest BCUT2D eigenvalue weighted by Gasteiger charge is -2.25. The molecule has 0 bridgehead atoms. The van der Waals surface area contributed by atoms with E-state index in [0.717, 1.165) is 30.9 Å². The first-order valence-corrected chi connectivity index (χ1v) is 11.7. The number of rotatable bonds is 8. The van der Waals surface area contributed by atoms with E-state index in [1.54, 1.807) is 0 Å². The molecule has 7 heteroatoms. The summed E-state index contributed by atoms with van der Waals surface area (Å²) in [5, 5.41) is 8.25. The number of nitrogens with zero attached hydrogens (tertiary/aromatic N) is 3. The number of benzene rings is 1. The highest BCUT2D eigenvalue weighted by molar-refractivity contribution is 7.91. The van der Waals surface area contributed by atoms with Gasteiger partial charge >= 0.3 is 0 Å². The Balaban J connectivity index is 1.62. The molecule has 0 aliphatic carbocycles. The van der Waals surface area contributed by atoms with Crippen molar-refractivity contribution in [3.05, 3.63) is 52.8 Å². The summed E-state index contributed by atoms with van der Waals surface area (Å²) in [6, 6.07) is 10.9. The zero-order valence-corrected chi connectivity index (χ0v) is 18.2.